The van der Waals surface area contributed by atoms with Crippen LogP contribution in [0.5, 0.6) is 0 Å². The van der Waals surface area contributed by atoms with Crippen molar-refractivity contribution in [1.29, 1.82) is 0 Å². The monoisotopic (exact) mass is 314 g/mol. The second kappa shape index (κ2) is 5.95. The lowest BCUT2D eigenvalue weighted by Gasteiger charge is -2.15. The predicted molar refractivity (Wildman–Crippen MR) is 85.6 cm³/mol. The topological polar surface area (TPSA) is 72.2 Å². The van der Waals surface area contributed by atoms with E-state index in [9.17, 15) is 8.42 Å². The van der Waals surface area contributed by atoms with Gasteiger partial charge in [-0.15, -0.1) is 0 Å². The zero-order valence-corrected chi connectivity index (χ0v) is 13.8. The Kier molecular flexibility index (Phi) is 4.66. The highest BCUT2D eigenvalue weighted by atomic mass is 32.2. The number of aryl methyl sites for hydroxylation is 1. The summed E-state index contributed by atoms with van der Waals surface area (Å²) in [5.41, 5.74) is 8.24. The minimum atomic E-state index is -3.48. The van der Waals surface area contributed by atoms with E-state index in [1.807, 2.05) is 25.6 Å². The number of nitrogen functional groups attached to an aromatic ring is 1. The molecule has 0 saturated heterocycles. The van der Waals surface area contributed by atoms with Gasteiger partial charge in [0.15, 0.2) is 0 Å². The molecule has 2 unspecified atom stereocenters. The van der Waals surface area contributed by atoms with Gasteiger partial charge in [0, 0.05) is 17.0 Å². The molecule has 0 bridgehead atoms. The van der Waals surface area contributed by atoms with Crippen molar-refractivity contribution in [3.8, 4) is 0 Å². The Morgan fingerprint density at radius 2 is 2.00 bits per heavy atom. The number of anilines is 1. The number of benzene rings is 1. The van der Waals surface area contributed by atoms with E-state index < -0.39 is 10.0 Å². The second-order valence-corrected chi connectivity index (χ2v) is 8.30. The Bertz CT molecular complexity index is 576. The molecule has 20 heavy (non-hydrogen) atoms. The van der Waals surface area contributed by atoms with Gasteiger partial charge in [-0.25, -0.2) is 13.1 Å². The molecule has 0 aliphatic heterocycles. The van der Waals surface area contributed by atoms with Gasteiger partial charge in [0.2, 0.25) is 10.0 Å². The highest BCUT2D eigenvalue weighted by Crippen LogP contribution is 2.29. The Balaban J connectivity index is 2.19. The van der Waals surface area contributed by atoms with Crippen molar-refractivity contribution in [2.24, 2.45) is 0 Å². The fourth-order valence-corrected chi connectivity index (χ4v) is 4.76. The molecule has 0 radical (unpaired) electrons. The van der Waals surface area contributed by atoms with E-state index in [4.69, 9.17) is 5.73 Å². The van der Waals surface area contributed by atoms with E-state index in [1.54, 1.807) is 12.1 Å². The summed E-state index contributed by atoms with van der Waals surface area (Å²) in [5.74, 6) is 0. The summed E-state index contributed by atoms with van der Waals surface area (Å²) in [5, 5.41) is 0.563. The van der Waals surface area contributed by atoms with Crippen LogP contribution >= 0.6 is 11.8 Å². The molecule has 112 valence electrons. The highest BCUT2D eigenvalue weighted by Gasteiger charge is 2.28. The first-order chi connectivity index (χ1) is 9.33. The minimum Gasteiger partial charge on any atom is -0.398 e. The van der Waals surface area contributed by atoms with Crippen LogP contribution in [-0.4, -0.2) is 26.0 Å². The van der Waals surface area contributed by atoms with E-state index >= 15 is 0 Å². The van der Waals surface area contributed by atoms with Crippen LogP contribution in [0.4, 0.5) is 5.69 Å². The first-order valence-corrected chi connectivity index (χ1v) is 9.52. The third-order valence-electron chi connectivity index (χ3n) is 4.03. The van der Waals surface area contributed by atoms with Gasteiger partial charge in [-0.3, -0.25) is 0 Å². The molecular weight excluding hydrogens is 292 g/mol. The van der Waals surface area contributed by atoms with Crippen LogP contribution in [0.1, 0.15) is 30.4 Å². The van der Waals surface area contributed by atoms with Crippen LogP contribution in [-0.2, 0) is 10.0 Å². The summed E-state index contributed by atoms with van der Waals surface area (Å²) in [6.45, 7) is 3.78. The molecule has 6 heteroatoms. The van der Waals surface area contributed by atoms with Gasteiger partial charge in [-0.1, -0.05) is 0 Å². The lowest BCUT2D eigenvalue weighted by atomic mass is 10.1. The van der Waals surface area contributed by atoms with Gasteiger partial charge in [0.25, 0.3) is 0 Å². The third kappa shape index (κ3) is 3.30. The van der Waals surface area contributed by atoms with Crippen LogP contribution in [0, 0.1) is 13.8 Å². The van der Waals surface area contributed by atoms with Gasteiger partial charge in [-0.05, 0) is 62.6 Å². The van der Waals surface area contributed by atoms with Crippen molar-refractivity contribution >= 4 is 27.5 Å². The molecule has 1 saturated carbocycles. The van der Waals surface area contributed by atoms with Crippen molar-refractivity contribution in [1.82, 2.24) is 4.72 Å². The SMILES string of the molecule is CSC1CCC(NS(=O)(=O)c2cc(C)c(C)c(N)c2)C1. The third-order valence-corrected chi connectivity index (χ3v) is 6.63. The molecule has 1 aromatic carbocycles. The molecule has 0 spiro atoms. The summed E-state index contributed by atoms with van der Waals surface area (Å²) in [6.07, 6.45) is 4.96. The smallest absolute Gasteiger partial charge is 0.240 e. The second-order valence-electron chi connectivity index (χ2n) is 5.44. The highest BCUT2D eigenvalue weighted by molar-refractivity contribution is 7.99. The summed E-state index contributed by atoms with van der Waals surface area (Å²) in [7, 11) is -3.48. The quantitative estimate of drug-likeness (QED) is 0.837. The summed E-state index contributed by atoms with van der Waals surface area (Å²) in [4.78, 5) is 0.269. The maximum Gasteiger partial charge on any atom is 0.240 e. The van der Waals surface area contributed by atoms with Gasteiger partial charge in [0.05, 0.1) is 4.90 Å². The van der Waals surface area contributed by atoms with Gasteiger partial charge in [-0.2, -0.15) is 11.8 Å². The Morgan fingerprint density at radius 3 is 2.55 bits per heavy atom. The lowest BCUT2D eigenvalue weighted by molar-refractivity contribution is 0.552. The number of rotatable bonds is 4. The molecule has 0 aromatic heterocycles. The molecule has 2 atom stereocenters. The first kappa shape index (κ1) is 15.7. The van der Waals surface area contributed by atoms with E-state index in [1.165, 1.54) is 0 Å². The fraction of sp³-hybridized carbons (Fsp3) is 0.571. The standard InChI is InChI=1S/C14H22N2O2S2/c1-9-6-13(8-14(15)10(9)2)20(17,18)16-11-4-5-12(7-11)19-3/h6,8,11-12,16H,4-5,7,15H2,1-3H3. The predicted octanol–water partition coefficient (Wildman–Crippen LogP) is 2.45. The Morgan fingerprint density at radius 1 is 1.30 bits per heavy atom. The van der Waals surface area contributed by atoms with Crippen LogP contribution in [0.3, 0.4) is 0 Å². The fourth-order valence-electron chi connectivity index (χ4n) is 2.56. The van der Waals surface area contributed by atoms with Gasteiger partial charge < -0.3 is 5.73 Å². The Labute approximate surface area is 125 Å². The lowest BCUT2D eigenvalue weighted by Crippen LogP contribution is -2.33. The van der Waals surface area contributed by atoms with Crippen molar-refractivity contribution in [3.05, 3.63) is 23.3 Å². The van der Waals surface area contributed by atoms with Crippen LogP contribution in [0.15, 0.2) is 17.0 Å². The van der Waals surface area contributed by atoms with Crippen LogP contribution in [0.25, 0.3) is 0 Å². The average molecular weight is 314 g/mol. The number of hydrogen-bond acceptors (Lipinski definition) is 4. The largest absolute Gasteiger partial charge is 0.398 e. The number of nitrogens with one attached hydrogen (secondary N) is 1. The first-order valence-electron chi connectivity index (χ1n) is 6.75. The molecule has 1 aliphatic carbocycles. The normalized spacial score (nSPS) is 23.1. The van der Waals surface area contributed by atoms with Crippen LogP contribution < -0.4 is 10.5 Å². The minimum absolute atomic E-state index is 0.0419. The van der Waals surface area contributed by atoms with E-state index in [-0.39, 0.29) is 10.9 Å². The van der Waals surface area contributed by atoms with Gasteiger partial charge in [0.1, 0.15) is 0 Å². The molecule has 4 nitrogen and oxygen atoms in total. The number of thioether (sulfide) groups is 1. The van der Waals surface area contributed by atoms with E-state index in [2.05, 4.69) is 11.0 Å². The number of sulfonamides is 1. The molecule has 0 heterocycles. The summed E-state index contributed by atoms with van der Waals surface area (Å²) < 4.78 is 27.7. The van der Waals surface area contributed by atoms with E-state index in [0.717, 1.165) is 30.4 Å². The van der Waals surface area contributed by atoms with Crippen LogP contribution in [0.2, 0.25) is 0 Å². The van der Waals surface area contributed by atoms with Crippen molar-refractivity contribution < 1.29 is 8.42 Å². The summed E-state index contributed by atoms with van der Waals surface area (Å²) >= 11 is 1.81. The zero-order chi connectivity index (χ0) is 14.9. The van der Waals surface area contributed by atoms with Crippen molar-refractivity contribution in [3.63, 3.8) is 0 Å². The Hall–Kier alpha value is -0.720. The molecule has 2 rings (SSSR count). The zero-order valence-electron chi connectivity index (χ0n) is 12.1. The molecule has 3 N–H and O–H groups in total. The number of nitrogens with two attached hydrogens (primary N) is 1. The molecule has 1 aromatic rings. The summed E-state index contributed by atoms with van der Waals surface area (Å²) in [6, 6.07) is 3.28. The van der Waals surface area contributed by atoms with Crippen molar-refractivity contribution in [2.45, 2.75) is 49.3 Å². The molecule has 1 aliphatic rings. The number of hydrogen-bond donors (Lipinski definition) is 2. The maximum atomic E-state index is 12.4. The molecule has 1 fully saturated rings. The maximum absolute atomic E-state index is 12.4. The average Bonchev–Trinajstić information content (AvgIpc) is 2.82. The van der Waals surface area contributed by atoms with Gasteiger partial charge >= 0.3 is 0 Å². The molecular formula is C14H22N2O2S2. The molecule has 0 amide bonds. The van der Waals surface area contributed by atoms with E-state index in [0.29, 0.717) is 10.9 Å². The van der Waals surface area contributed by atoms with Crippen molar-refractivity contribution in [2.75, 3.05) is 12.0 Å².